The number of piperazine rings is 1. The topological polar surface area (TPSA) is 60.5 Å². The van der Waals surface area contributed by atoms with Crippen molar-refractivity contribution < 1.29 is 23.7 Å². The monoisotopic (exact) mass is 384 g/mol. The average Bonchev–Trinajstić information content (AvgIpc) is 2.73. The number of amides is 1. The summed E-state index contributed by atoms with van der Waals surface area (Å²) in [5.74, 6) is 2.98. The zero-order valence-corrected chi connectivity index (χ0v) is 16.1. The van der Waals surface area contributed by atoms with Crippen LogP contribution in [0.4, 0.5) is 5.69 Å². The highest BCUT2D eigenvalue weighted by molar-refractivity contribution is 5.95. The van der Waals surface area contributed by atoms with Crippen LogP contribution in [0.1, 0.15) is 5.56 Å². The van der Waals surface area contributed by atoms with Crippen LogP contribution in [0, 0.1) is 0 Å². The Balaban J connectivity index is 1.47. The molecule has 2 aliphatic rings. The fourth-order valence-corrected chi connectivity index (χ4v) is 3.57. The molecule has 0 radical (unpaired) electrons. The Labute approximate surface area is 164 Å². The van der Waals surface area contributed by atoms with E-state index in [0.29, 0.717) is 38.6 Å². The summed E-state index contributed by atoms with van der Waals surface area (Å²) in [4.78, 5) is 16.7. The van der Waals surface area contributed by atoms with E-state index in [9.17, 15) is 4.79 Å². The molecule has 0 saturated carbocycles. The predicted molar refractivity (Wildman–Crippen MR) is 105 cm³/mol. The Hall–Kier alpha value is -2.93. The predicted octanol–water partition coefficient (Wildman–Crippen LogP) is 2.32. The molecule has 0 unspecified atom stereocenters. The van der Waals surface area contributed by atoms with E-state index in [1.807, 2.05) is 36.4 Å². The first kappa shape index (κ1) is 18.4. The molecule has 7 nitrogen and oxygen atoms in total. The molecule has 0 aromatic heterocycles. The van der Waals surface area contributed by atoms with Crippen molar-refractivity contribution in [1.82, 2.24) is 4.90 Å². The molecule has 148 valence electrons. The molecule has 0 aliphatic carbocycles. The fourth-order valence-electron chi connectivity index (χ4n) is 3.57. The minimum atomic E-state index is 0.0658. The highest BCUT2D eigenvalue weighted by Crippen LogP contribution is 2.37. The number of nitrogens with zero attached hydrogens (tertiary/aromatic N) is 2. The van der Waals surface area contributed by atoms with Crippen LogP contribution in [0.2, 0.25) is 0 Å². The number of ether oxygens (including phenoxy) is 4. The first-order valence-corrected chi connectivity index (χ1v) is 9.31. The van der Waals surface area contributed by atoms with Crippen molar-refractivity contribution in [1.29, 1.82) is 0 Å². The third kappa shape index (κ3) is 3.71. The number of anilines is 1. The second-order valence-corrected chi connectivity index (χ2v) is 6.77. The number of benzene rings is 2. The van der Waals surface area contributed by atoms with Crippen molar-refractivity contribution in [3.8, 4) is 23.0 Å². The van der Waals surface area contributed by atoms with Gasteiger partial charge in [0.05, 0.1) is 20.8 Å². The molecule has 7 heteroatoms. The molecule has 4 rings (SSSR count). The highest BCUT2D eigenvalue weighted by atomic mass is 16.6. The van der Waals surface area contributed by atoms with Crippen LogP contribution in [0.5, 0.6) is 23.0 Å². The van der Waals surface area contributed by atoms with E-state index >= 15 is 0 Å². The summed E-state index contributed by atoms with van der Waals surface area (Å²) in [5.41, 5.74) is 1.84. The lowest BCUT2D eigenvalue weighted by atomic mass is 10.1. The molecule has 0 atom stereocenters. The van der Waals surface area contributed by atoms with E-state index in [0.717, 1.165) is 35.0 Å². The van der Waals surface area contributed by atoms with Crippen LogP contribution in [0.25, 0.3) is 0 Å². The number of fused-ring (bicyclic) bond motifs is 1. The van der Waals surface area contributed by atoms with Crippen molar-refractivity contribution in [2.45, 2.75) is 6.54 Å². The van der Waals surface area contributed by atoms with Crippen molar-refractivity contribution in [3.05, 3.63) is 42.0 Å². The third-order valence-corrected chi connectivity index (χ3v) is 5.00. The molecule has 0 N–H and O–H groups in total. The lowest BCUT2D eigenvalue weighted by Crippen LogP contribution is -2.50. The average molecular weight is 384 g/mol. The minimum absolute atomic E-state index is 0.0658. The normalized spacial score (nSPS) is 16.8. The van der Waals surface area contributed by atoms with Gasteiger partial charge < -0.3 is 23.8 Å². The van der Waals surface area contributed by atoms with Gasteiger partial charge in [-0.3, -0.25) is 9.69 Å². The summed E-state index contributed by atoms with van der Waals surface area (Å²) in [7, 11) is 3.26. The van der Waals surface area contributed by atoms with Gasteiger partial charge in [0.1, 0.15) is 24.7 Å². The van der Waals surface area contributed by atoms with Gasteiger partial charge in [0.15, 0.2) is 11.5 Å². The van der Waals surface area contributed by atoms with Gasteiger partial charge in [0, 0.05) is 43.0 Å². The standard InChI is InChI=1S/C21H24N2O5/c1-25-17-5-3-4-16(11-17)23-7-6-22(14-21(23)24)13-15-10-19-20(12-18(15)26-2)28-9-8-27-19/h3-5,10-12H,6-9,13-14H2,1-2H3. The van der Waals surface area contributed by atoms with Crippen LogP contribution < -0.4 is 23.8 Å². The zero-order valence-electron chi connectivity index (χ0n) is 16.1. The number of rotatable bonds is 5. The molecule has 0 bridgehead atoms. The molecule has 1 saturated heterocycles. The maximum Gasteiger partial charge on any atom is 0.241 e. The molecule has 0 spiro atoms. The van der Waals surface area contributed by atoms with E-state index in [2.05, 4.69) is 4.90 Å². The molecule has 1 amide bonds. The molecule has 2 aromatic rings. The SMILES string of the molecule is COc1cccc(N2CCN(Cc3cc4c(cc3OC)OCCO4)CC2=O)c1. The van der Waals surface area contributed by atoms with Crippen molar-refractivity contribution in [2.24, 2.45) is 0 Å². The Morgan fingerprint density at radius 1 is 1.00 bits per heavy atom. The summed E-state index contributed by atoms with van der Waals surface area (Å²) in [6.07, 6.45) is 0. The summed E-state index contributed by atoms with van der Waals surface area (Å²) in [6.45, 7) is 3.42. The van der Waals surface area contributed by atoms with Crippen LogP contribution in [-0.2, 0) is 11.3 Å². The fraction of sp³-hybridized carbons (Fsp3) is 0.381. The maximum atomic E-state index is 12.7. The van der Waals surface area contributed by atoms with Crippen molar-refractivity contribution in [2.75, 3.05) is 52.0 Å². The third-order valence-electron chi connectivity index (χ3n) is 5.00. The first-order valence-electron chi connectivity index (χ1n) is 9.31. The second kappa shape index (κ2) is 7.98. The van der Waals surface area contributed by atoms with Crippen molar-refractivity contribution >= 4 is 11.6 Å². The first-order chi connectivity index (χ1) is 13.7. The van der Waals surface area contributed by atoms with Crippen LogP contribution in [0.15, 0.2) is 36.4 Å². The molecule has 2 aromatic carbocycles. The second-order valence-electron chi connectivity index (χ2n) is 6.77. The summed E-state index contributed by atoms with van der Waals surface area (Å²) >= 11 is 0. The van der Waals surface area contributed by atoms with E-state index in [4.69, 9.17) is 18.9 Å². The summed E-state index contributed by atoms with van der Waals surface area (Å²) in [6, 6.07) is 11.4. The smallest absolute Gasteiger partial charge is 0.241 e. The van der Waals surface area contributed by atoms with Gasteiger partial charge >= 0.3 is 0 Å². The Kier molecular flexibility index (Phi) is 5.25. The van der Waals surface area contributed by atoms with Gasteiger partial charge in [0.25, 0.3) is 0 Å². The Morgan fingerprint density at radius 3 is 2.50 bits per heavy atom. The lowest BCUT2D eigenvalue weighted by molar-refractivity contribution is -0.121. The molecule has 2 heterocycles. The van der Waals surface area contributed by atoms with Crippen molar-refractivity contribution in [3.63, 3.8) is 0 Å². The Morgan fingerprint density at radius 2 is 1.79 bits per heavy atom. The molecule has 1 fully saturated rings. The maximum absolute atomic E-state index is 12.7. The summed E-state index contributed by atoms with van der Waals surface area (Å²) in [5, 5.41) is 0. The lowest BCUT2D eigenvalue weighted by Gasteiger charge is -2.34. The largest absolute Gasteiger partial charge is 0.497 e. The molecular formula is C21H24N2O5. The number of methoxy groups -OCH3 is 2. The van der Waals surface area contributed by atoms with Gasteiger partial charge in [-0.15, -0.1) is 0 Å². The number of carbonyl (C=O) groups excluding carboxylic acids is 1. The van der Waals surface area contributed by atoms with Crippen LogP contribution in [-0.4, -0.2) is 57.9 Å². The number of carbonyl (C=O) groups is 1. The van der Waals surface area contributed by atoms with E-state index in [-0.39, 0.29) is 5.91 Å². The molecule has 28 heavy (non-hydrogen) atoms. The minimum Gasteiger partial charge on any atom is -0.497 e. The van der Waals surface area contributed by atoms with E-state index < -0.39 is 0 Å². The van der Waals surface area contributed by atoms with Gasteiger partial charge in [0.2, 0.25) is 5.91 Å². The van der Waals surface area contributed by atoms with Gasteiger partial charge in [-0.05, 0) is 18.2 Å². The number of hydrogen-bond donors (Lipinski definition) is 0. The van der Waals surface area contributed by atoms with Gasteiger partial charge in [-0.1, -0.05) is 6.07 Å². The number of hydrogen-bond acceptors (Lipinski definition) is 6. The Bertz CT molecular complexity index is 870. The van der Waals surface area contributed by atoms with E-state index in [1.54, 1.807) is 19.1 Å². The highest BCUT2D eigenvalue weighted by Gasteiger charge is 2.26. The van der Waals surface area contributed by atoms with Crippen LogP contribution in [0.3, 0.4) is 0 Å². The van der Waals surface area contributed by atoms with Crippen LogP contribution >= 0.6 is 0 Å². The zero-order chi connectivity index (χ0) is 19.5. The van der Waals surface area contributed by atoms with Gasteiger partial charge in [-0.25, -0.2) is 0 Å². The van der Waals surface area contributed by atoms with Gasteiger partial charge in [-0.2, -0.15) is 0 Å². The molecule has 2 aliphatic heterocycles. The summed E-state index contributed by atoms with van der Waals surface area (Å²) < 4.78 is 22.1. The molecular weight excluding hydrogens is 360 g/mol. The van der Waals surface area contributed by atoms with E-state index in [1.165, 1.54) is 0 Å². The quantitative estimate of drug-likeness (QED) is 0.789.